The van der Waals surface area contributed by atoms with Crippen molar-refractivity contribution in [2.24, 2.45) is 11.7 Å². The summed E-state index contributed by atoms with van der Waals surface area (Å²) < 4.78 is 28.2. The molecule has 1 amide bonds. The summed E-state index contributed by atoms with van der Waals surface area (Å²) in [5.41, 5.74) is 8.11. The topological polar surface area (TPSA) is 118 Å². The number of carbonyl (C=O) groups is 1. The number of nitrogens with two attached hydrogens (primary N) is 1. The van der Waals surface area contributed by atoms with E-state index in [0.29, 0.717) is 5.82 Å². The number of thiophene rings is 1. The van der Waals surface area contributed by atoms with Crippen LogP contribution in [-0.4, -0.2) is 24.3 Å². The van der Waals surface area contributed by atoms with Gasteiger partial charge in [-0.2, -0.15) is 4.72 Å². The van der Waals surface area contributed by atoms with E-state index in [2.05, 4.69) is 14.7 Å². The largest absolute Gasteiger partial charge is 0.366 e. The number of aromatic nitrogens is 2. The fraction of sp³-hybridized carbons (Fsp3) is 0.294. The number of sulfonamides is 1. The summed E-state index contributed by atoms with van der Waals surface area (Å²) in [6.45, 7) is 5.81. The fourth-order valence-corrected chi connectivity index (χ4v) is 5.14. The first-order chi connectivity index (χ1) is 12.2. The molecule has 2 heterocycles. The lowest BCUT2D eigenvalue weighted by Gasteiger charge is -2.19. The molecule has 0 aliphatic heterocycles. The number of H-pyrrole nitrogens is 1. The van der Waals surface area contributed by atoms with E-state index in [1.807, 2.05) is 39.0 Å². The number of imidazole rings is 1. The highest BCUT2D eigenvalue weighted by molar-refractivity contribution is 7.91. The standard InChI is InChI=1S/C17H20N4O3S2/c1-9(2)15(17-19-12-5-4-10(3)6-13(12)20-17)21-26(23,24)14-7-11(8-25-14)16(18)22/h4-9,15,21H,1-3H3,(H2,18,22)(H,19,20). The lowest BCUT2D eigenvalue weighted by atomic mass is 10.1. The zero-order valence-corrected chi connectivity index (χ0v) is 16.2. The van der Waals surface area contributed by atoms with Crippen molar-refractivity contribution in [3.05, 3.63) is 46.6 Å². The molecular formula is C17H20N4O3S2. The highest BCUT2D eigenvalue weighted by Crippen LogP contribution is 2.27. The van der Waals surface area contributed by atoms with E-state index in [4.69, 9.17) is 5.73 Å². The monoisotopic (exact) mass is 392 g/mol. The average molecular weight is 393 g/mol. The molecule has 0 radical (unpaired) electrons. The van der Waals surface area contributed by atoms with Crippen molar-refractivity contribution >= 4 is 38.3 Å². The molecule has 1 unspecified atom stereocenters. The first-order valence-corrected chi connectivity index (χ1v) is 10.4. The van der Waals surface area contributed by atoms with Gasteiger partial charge in [0.15, 0.2) is 0 Å². The predicted molar refractivity (Wildman–Crippen MR) is 102 cm³/mol. The Morgan fingerprint density at radius 1 is 1.31 bits per heavy atom. The van der Waals surface area contributed by atoms with E-state index in [-0.39, 0.29) is 15.7 Å². The van der Waals surface area contributed by atoms with Crippen LogP contribution in [0.3, 0.4) is 0 Å². The summed E-state index contributed by atoms with van der Waals surface area (Å²) in [5.74, 6) is -0.145. The highest BCUT2D eigenvalue weighted by Gasteiger charge is 2.27. The van der Waals surface area contributed by atoms with Crippen molar-refractivity contribution in [3.8, 4) is 0 Å². The quantitative estimate of drug-likeness (QED) is 0.598. The predicted octanol–water partition coefficient (Wildman–Crippen LogP) is 2.71. The van der Waals surface area contributed by atoms with Crippen LogP contribution in [0.2, 0.25) is 0 Å². The van der Waals surface area contributed by atoms with Crippen LogP contribution in [0.4, 0.5) is 0 Å². The molecule has 4 N–H and O–H groups in total. The molecule has 1 aromatic carbocycles. The van der Waals surface area contributed by atoms with E-state index in [1.165, 1.54) is 11.4 Å². The Kier molecular flexibility index (Phi) is 4.87. The minimum atomic E-state index is -3.81. The van der Waals surface area contributed by atoms with Crippen molar-refractivity contribution in [1.82, 2.24) is 14.7 Å². The van der Waals surface area contributed by atoms with Crippen LogP contribution in [0.25, 0.3) is 11.0 Å². The summed E-state index contributed by atoms with van der Waals surface area (Å²) in [6.07, 6.45) is 0. The van der Waals surface area contributed by atoms with Crippen LogP contribution in [0.15, 0.2) is 33.9 Å². The number of hydrogen-bond acceptors (Lipinski definition) is 5. The summed E-state index contributed by atoms with van der Waals surface area (Å²) in [5, 5.41) is 1.44. The molecule has 3 aromatic rings. The maximum atomic E-state index is 12.7. The van der Waals surface area contributed by atoms with Gasteiger partial charge >= 0.3 is 0 Å². The molecule has 0 bridgehead atoms. The van der Waals surface area contributed by atoms with Crippen LogP contribution in [0.1, 0.15) is 41.6 Å². The van der Waals surface area contributed by atoms with Gasteiger partial charge in [0, 0.05) is 5.38 Å². The third-order valence-corrected chi connectivity index (χ3v) is 6.90. The summed E-state index contributed by atoms with van der Waals surface area (Å²) in [7, 11) is -3.81. The van der Waals surface area contributed by atoms with Crippen LogP contribution < -0.4 is 10.5 Å². The lowest BCUT2D eigenvalue weighted by molar-refractivity contribution is 0.100. The van der Waals surface area contributed by atoms with Crippen LogP contribution in [0.5, 0.6) is 0 Å². The number of benzene rings is 1. The number of aryl methyl sites for hydroxylation is 1. The van der Waals surface area contributed by atoms with Gasteiger partial charge in [0.05, 0.1) is 22.6 Å². The maximum absolute atomic E-state index is 12.7. The van der Waals surface area contributed by atoms with Crippen LogP contribution in [0, 0.1) is 12.8 Å². The zero-order valence-electron chi connectivity index (χ0n) is 14.6. The normalized spacial score (nSPS) is 13.4. The van der Waals surface area contributed by atoms with Crippen molar-refractivity contribution < 1.29 is 13.2 Å². The first-order valence-electron chi connectivity index (χ1n) is 8.04. The smallest absolute Gasteiger partial charge is 0.250 e. The SMILES string of the molecule is Cc1ccc2nc(C(NS(=O)(=O)c3cc(C(N)=O)cs3)C(C)C)[nH]c2c1. The van der Waals surface area contributed by atoms with Gasteiger partial charge in [-0.25, -0.2) is 13.4 Å². The van der Waals surface area contributed by atoms with Crippen LogP contribution >= 0.6 is 11.3 Å². The van der Waals surface area contributed by atoms with Gasteiger partial charge < -0.3 is 10.7 Å². The number of aromatic amines is 1. The molecule has 26 heavy (non-hydrogen) atoms. The van der Waals surface area contributed by atoms with E-state index in [1.54, 1.807) is 0 Å². The molecule has 1 atom stereocenters. The van der Waals surface area contributed by atoms with Gasteiger partial charge in [-0.3, -0.25) is 4.79 Å². The molecular weight excluding hydrogens is 372 g/mol. The second-order valence-corrected chi connectivity index (χ2v) is 9.36. The average Bonchev–Trinajstić information content (AvgIpc) is 3.19. The summed E-state index contributed by atoms with van der Waals surface area (Å²) in [6, 6.07) is 6.57. The van der Waals surface area contributed by atoms with Crippen molar-refractivity contribution in [1.29, 1.82) is 0 Å². The number of fused-ring (bicyclic) bond motifs is 1. The number of amides is 1. The first kappa shape index (κ1) is 18.6. The number of rotatable bonds is 6. The molecule has 0 saturated carbocycles. The van der Waals surface area contributed by atoms with Crippen molar-refractivity contribution in [3.63, 3.8) is 0 Å². The Hall–Kier alpha value is -2.23. The second-order valence-electron chi connectivity index (χ2n) is 6.50. The Morgan fingerprint density at radius 2 is 2.04 bits per heavy atom. The van der Waals surface area contributed by atoms with Gasteiger partial charge in [-0.05, 0) is 36.6 Å². The molecule has 0 spiro atoms. The lowest BCUT2D eigenvalue weighted by Crippen LogP contribution is -2.32. The molecule has 0 aliphatic rings. The van der Waals surface area contributed by atoms with Crippen molar-refractivity contribution in [2.75, 3.05) is 0 Å². The zero-order chi connectivity index (χ0) is 19.1. The van der Waals surface area contributed by atoms with E-state index in [0.717, 1.165) is 27.9 Å². The number of primary amides is 1. The highest BCUT2D eigenvalue weighted by atomic mass is 32.2. The Balaban J connectivity index is 1.95. The molecule has 7 nitrogen and oxygen atoms in total. The van der Waals surface area contributed by atoms with Crippen LogP contribution in [-0.2, 0) is 10.0 Å². The Morgan fingerprint density at radius 3 is 2.65 bits per heavy atom. The Labute approximate surface area is 155 Å². The van der Waals surface area contributed by atoms with E-state index in [9.17, 15) is 13.2 Å². The van der Waals surface area contributed by atoms with Crippen molar-refractivity contribution in [2.45, 2.75) is 31.0 Å². The van der Waals surface area contributed by atoms with Gasteiger partial charge in [-0.15, -0.1) is 11.3 Å². The summed E-state index contributed by atoms with van der Waals surface area (Å²) in [4.78, 5) is 19.0. The van der Waals surface area contributed by atoms with Gasteiger partial charge in [0.25, 0.3) is 10.0 Å². The van der Waals surface area contributed by atoms with Gasteiger partial charge in [-0.1, -0.05) is 19.9 Å². The van der Waals surface area contributed by atoms with Gasteiger partial charge in [0.1, 0.15) is 10.0 Å². The number of carbonyl (C=O) groups excluding carboxylic acids is 1. The second kappa shape index (κ2) is 6.82. The number of nitrogens with one attached hydrogen (secondary N) is 2. The minimum Gasteiger partial charge on any atom is -0.366 e. The molecule has 9 heteroatoms. The molecule has 138 valence electrons. The Bertz CT molecular complexity index is 1070. The third-order valence-electron chi connectivity index (χ3n) is 4.02. The van der Waals surface area contributed by atoms with Gasteiger partial charge in [0.2, 0.25) is 5.91 Å². The molecule has 2 aromatic heterocycles. The van der Waals surface area contributed by atoms with E-state index >= 15 is 0 Å². The molecule has 0 aliphatic carbocycles. The minimum absolute atomic E-state index is 0.0398. The molecule has 0 saturated heterocycles. The maximum Gasteiger partial charge on any atom is 0.250 e. The number of hydrogen-bond donors (Lipinski definition) is 3. The molecule has 0 fully saturated rings. The molecule has 3 rings (SSSR count). The number of nitrogens with zero attached hydrogens (tertiary/aromatic N) is 1. The summed E-state index contributed by atoms with van der Waals surface area (Å²) >= 11 is 0.959. The van der Waals surface area contributed by atoms with E-state index < -0.39 is 22.0 Å². The fourth-order valence-electron chi connectivity index (χ4n) is 2.61. The third kappa shape index (κ3) is 3.64.